The minimum atomic E-state index is -0.544. The van der Waals surface area contributed by atoms with Crippen molar-refractivity contribution in [2.24, 2.45) is 0 Å². The highest BCUT2D eigenvalue weighted by Crippen LogP contribution is 2.22. The molecule has 2 aromatic rings. The van der Waals surface area contributed by atoms with Crippen LogP contribution in [0.2, 0.25) is 10.0 Å². The number of hydrogen-bond donors (Lipinski definition) is 1. The topological polar surface area (TPSA) is 53.0 Å². The van der Waals surface area contributed by atoms with Crippen LogP contribution in [0.25, 0.3) is 0 Å². The smallest absolute Gasteiger partial charge is 0.255 e. The number of halogens is 2. The fraction of sp³-hybridized carbons (Fsp3) is 0.421. The average Bonchev–Trinajstić information content (AvgIpc) is 3.15. The van der Waals surface area contributed by atoms with Crippen LogP contribution in [0.4, 0.5) is 0 Å². The maximum absolute atomic E-state index is 12.6. The first-order chi connectivity index (χ1) is 13.0. The van der Waals surface area contributed by atoms with Gasteiger partial charge in [-0.3, -0.25) is 9.69 Å². The molecule has 8 heteroatoms. The first-order valence-corrected chi connectivity index (χ1v) is 10.4. The van der Waals surface area contributed by atoms with Gasteiger partial charge in [-0.15, -0.1) is 11.3 Å². The Kier molecular flexibility index (Phi) is 7.52. The second-order valence-corrected chi connectivity index (χ2v) is 8.34. The third-order valence-corrected chi connectivity index (χ3v) is 5.82. The molecule has 1 saturated heterocycles. The van der Waals surface area contributed by atoms with E-state index >= 15 is 0 Å². The second kappa shape index (κ2) is 9.87. The van der Waals surface area contributed by atoms with Crippen molar-refractivity contribution in [2.75, 3.05) is 39.3 Å². The number of nitrogens with zero attached hydrogens (tertiary/aromatic N) is 2. The van der Waals surface area contributed by atoms with Gasteiger partial charge in [-0.05, 0) is 29.6 Å². The second-order valence-electron chi connectivity index (χ2n) is 6.47. The number of thiophene rings is 1. The lowest BCUT2D eigenvalue weighted by molar-refractivity contribution is 0.00270. The summed E-state index contributed by atoms with van der Waals surface area (Å²) in [5.41, 5.74) is 0.469. The van der Waals surface area contributed by atoms with Gasteiger partial charge in [-0.2, -0.15) is 0 Å². The minimum Gasteiger partial charge on any atom is -0.389 e. The molecule has 1 aromatic carbocycles. The van der Waals surface area contributed by atoms with Crippen LogP contribution in [0.1, 0.15) is 15.2 Å². The molecule has 1 aliphatic heterocycles. The number of carbonyl (C=O) groups excluding carboxylic acids is 1. The summed E-state index contributed by atoms with van der Waals surface area (Å²) in [7, 11) is 0. The Hall–Kier alpha value is -1.15. The van der Waals surface area contributed by atoms with Crippen molar-refractivity contribution < 1.29 is 14.6 Å². The maximum Gasteiger partial charge on any atom is 0.255 e. The van der Waals surface area contributed by atoms with Crippen molar-refractivity contribution in [1.29, 1.82) is 0 Å². The SMILES string of the molecule is O=C(c1ccc(Cl)cc1Cl)N1CCN(CC(O)COCc2cccs2)CC1. The zero-order valence-corrected chi connectivity index (χ0v) is 17.1. The molecular weight excluding hydrogens is 407 g/mol. The summed E-state index contributed by atoms with van der Waals surface area (Å²) in [6.07, 6.45) is -0.544. The third-order valence-electron chi connectivity index (χ3n) is 4.42. The number of β-amino-alcohol motifs (C(OH)–C–C–N with tert-alkyl or cyclic N) is 1. The Morgan fingerprint density at radius 1 is 1.22 bits per heavy atom. The van der Waals surface area contributed by atoms with Crippen molar-refractivity contribution in [1.82, 2.24) is 9.80 Å². The Bertz CT molecular complexity index is 749. The van der Waals surface area contributed by atoms with E-state index in [-0.39, 0.29) is 5.91 Å². The Morgan fingerprint density at radius 2 is 2.00 bits per heavy atom. The minimum absolute atomic E-state index is 0.0869. The standard InChI is InChI=1S/C19H22Cl2N2O3S/c20-14-3-4-17(18(21)10-14)19(25)23-7-5-22(6-8-23)11-15(24)12-26-13-16-2-1-9-27-16/h1-4,9-10,15,24H,5-8,11-13H2. The molecule has 1 unspecified atom stereocenters. The molecule has 146 valence electrons. The molecule has 1 aromatic heterocycles. The summed E-state index contributed by atoms with van der Waals surface area (Å²) in [4.78, 5) is 17.7. The molecule has 2 heterocycles. The number of benzene rings is 1. The van der Waals surface area contributed by atoms with Gasteiger partial charge in [0, 0.05) is 42.6 Å². The van der Waals surface area contributed by atoms with Gasteiger partial charge < -0.3 is 14.7 Å². The highest BCUT2D eigenvalue weighted by molar-refractivity contribution is 7.09. The van der Waals surface area contributed by atoms with Crippen LogP contribution in [-0.4, -0.2) is 66.2 Å². The van der Waals surface area contributed by atoms with Gasteiger partial charge in [0.05, 0.1) is 29.9 Å². The highest BCUT2D eigenvalue weighted by Gasteiger charge is 2.24. The quantitative estimate of drug-likeness (QED) is 0.733. The molecule has 1 fully saturated rings. The fourth-order valence-corrected chi connectivity index (χ4v) is 4.14. The average molecular weight is 429 g/mol. The zero-order valence-electron chi connectivity index (χ0n) is 14.8. The van der Waals surface area contributed by atoms with Crippen LogP contribution >= 0.6 is 34.5 Å². The summed E-state index contributed by atoms with van der Waals surface area (Å²) in [6.45, 7) is 3.98. The van der Waals surface area contributed by atoms with E-state index < -0.39 is 6.10 Å². The van der Waals surface area contributed by atoms with E-state index in [9.17, 15) is 9.90 Å². The highest BCUT2D eigenvalue weighted by atomic mass is 35.5. The predicted molar refractivity (Wildman–Crippen MR) is 109 cm³/mol. The number of hydrogen-bond acceptors (Lipinski definition) is 5. The molecule has 1 amide bonds. The fourth-order valence-electron chi connectivity index (χ4n) is 3.01. The Labute approximate surface area is 173 Å². The van der Waals surface area contributed by atoms with E-state index in [2.05, 4.69) is 4.90 Å². The molecule has 1 aliphatic rings. The lowest BCUT2D eigenvalue weighted by Gasteiger charge is -2.35. The van der Waals surface area contributed by atoms with Gasteiger partial charge in [-0.25, -0.2) is 0 Å². The van der Waals surface area contributed by atoms with Gasteiger partial charge >= 0.3 is 0 Å². The molecule has 0 radical (unpaired) electrons. The van der Waals surface area contributed by atoms with Crippen LogP contribution < -0.4 is 0 Å². The molecule has 1 atom stereocenters. The van der Waals surface area contributed by atoms with E-state index in [0.29, 0.717) is 61.5 Å². The zero-order chi connectivity index (χ0) is 19.2. The number of piperazine rings is 1. The molecule has 0 bridgehead atoms. The summed E-state index contributed by atoms with van der Waals surface area (Å²) in [6, 6.07) is 8.91. The monoisotopic (exact) mass is 428 g/mol. The Morgan fingerprint density at radius 3 is 2.67 bits per heavy atom. The van der Waals surface area contributed by atoms with Crippen LogP contribution in [0.3, 0.4) is 0 Å². The molecule has 0 spiro atoms. The summed E-state index contributed by atoms with van der Waals surface area (Å²) in [5, 5.41) is 13.1. The first kappa shape index (κ1) is 20.6. The molecule has 0 saturated carbocycles. The van der Waals surface area contributed by atoms with Crippen molar-refractivity contribution in [2.45, 2.75) is 12.7 Å². The predicted octanol–water partition coefficient (Wildman–Crippen LogP) is 3.39. The van der Waals surface area contributed by atoms with E-state index in [4.69, 9.17) is 27.9 Å². The number of ether oxygens (including phenoxy) is 1. The van der Waals surface area contributed by atoms with Gasteiger partial charge in [0.15, 0.2) is 0 Å². The maximum atomic E-state index is 12.6. The van der Waals surface area contributed by atoms with Gasteiger partial charge in [0.2, 0.25) is 0 Å². The van der Waals surface area contributed by atoms with Crippen LogP contribution in [0, 0.1) is 0 Å². The summed E-state index contributed by atoms with van der Waals surface area (Å²) < 4.78 is 5.57. The van der Waals surface area contributed by atoms with Gasteiger partial charge in [0.1, 0.15) is 0 Å². The van der Waals surface area contributed by atoms with Gasteiger partial charge in [0.25, 0.3) is 5.91 Å². The van der Waals surface area contributed by atoms with Crippen LogP contribution in [-0.2, 0) is 11.3 Å². The van der Waals surface area contributed by atoms with Crippen molar-refractivity contribution in [3.63, 3.8) is 0 Å². The molecule has 3 rings (SSSR count). The van der Waals surface area contributed by atoms with Crippen molar-refractivity contribution in [3.05, 3.63) is 56.2 Å². The van der Waals surface area contributed by atoms with E-state index in [0.717, 1.165) is 4.88 Å². The Balaban J connectivity index is 1.41. The molecule has 0 aliphatic carbocycles. The van der Waals surface area contributed by atoms with Gasteiger partial charge in [-0.1, -0.05) is 29.3 Å². The number of aliphatic hydroxyl groups excluding tert-OH is 1. The largest absolute Gasteiger partial charge is 0.389 e. The van der Waals surface area contributed by atoms with Crippen LogP contribution in [0.15, 0.2) is 35.7 Å². The molecular formula is C19H22Cl2N2O3S. The van der Waals surface area contributed by atoms with Crippen LogP contribution in [0.5, 0.6) is 0 Å². The normalized spacial score (nSPS) is 16.5. The van der Waals surface area contributed by atoms with Crippen molar-refractivity contribution in [3.8, 4) is 0 Å². The number of amides is 1. The first-order valence-electron chi connectivity index (χ1n) is 8.78. The summed E-state index contributed by atoms with van der Waals surface area (Å²) >= 11 is 13.7. The molecule has 27 heavy (non-hydrogen) atoms. The molecule has 5 nitrogen and oxygen atoms in total. The van der Waals surface area contributed by atoms with E-state index in [1.54, 1.807) is 34.4 Å². The lowest BCUT2D eigenvalue weighted by Crippen LogP contribution is -2.50. The lowest BCUT2D eigenvalue weighted by atomic mass is 10.1. The van der Waals surface area contributed by atoms with E-state index in [1.807, 2.05) is 17.5 Å². The third kappa shape index (κ3) is 5.91. The summed E-state index contributed by atoms with van der Waals surface area (Å²) in [5.74, 6) is -0.0869. The molecule has 1 N–H and O–H groups in total. The number of aliphatic hydroxyl groups is 1. The van der Waals surface area contributed by atoms with Crippen molar-refractivity contribution >= 4 is 40.4 Å². The number of carbonyl (C=O) groups is 1. The number of rotatable bonds is 7. The van der Waals surface area contributed by atoms with E-state index in [1.165, 1.54) is 0 Å².